The first-order valence-electron chi connectivity index (χ1n) is 5.63. The molecule has 0 saturated carbocycles. The van der Waals surface area contributed by atoms with Gasteiger partial charge in [0.1, 0.15) is 5.76 Å². The highest BCUT2D eigenvalue weighted by atomic mass is 35.5. The number of rotatable bonds is 1. The van der Waals surface area contributed by atoms with Gasteiger partial charge in [-0.1, -0.05) is 11.6 Å². The molecule has 2 aromatic heterocycles. The van der Waals surface area contributed by atoms with Crippen molar-refractivity contribution in [1.29, 1.82) is 0 Å². The summed E-state index contributed by atoms with van der Waals surface area (Å²) in [6.45, 7) is 3.82. The van der Waals surface area contributed by atoms with Crippen molar-refractivity contribution >= 4 is 43.3 Å². The summed E-state index contributed by atoms with van der Waals surface area (Å²) in [6.07, 6.45) is 0. The molecule has 0 spiro atoms. The van der Waals surface area contributed by atoms with Crippen molar-refractivity contribution in [3.63, 3.8) is 0 Å². The fourth-order valence-corrected chi connectivity index (χ4v) is 3.70. The van der Waals surface area contributed by atoms with Gasteiger partial charge >= 0.3 is 0 Å². The first kappa shape index (κ1) is 11.8. The molecule has 18 heavy (non-hydrogen) atoms. The molecule has 0 aliphatic heterocycles. The van der Waals surface area contributed by atoms with Crippen LogP contribution in [0.4, 0.5) is 0 Å². The molecule has 92 valence electrons. The molecule has 0 amide bonds. The fraction of sp³-hybridized carbons (Fsp3) is 0.214. The van der Waals surface area contributed by atoms with E-state index in [9.17, 15) is 4.79 Å². The quantitative estimate of drug-likeness (QED) is 0.619. The average Bonchev–Trinajstić information content (AvgIpc) is 2.67. The Morgan fingerprint density at radius 1 is 1.33 bits per heavy atom. The van der Waals surface area contributed by atoms with Gasteiger partial charge in [0.2, 0.25) is 5.43 Å². The summed E-state index contributed by atoms with van der Waals surface area (Å²) in [4.78, 5) is 12.4. The van der Waals surface area contributed by atoms with E-state index >= 15 is 0 Å². The van der Waals surface area contributed by atoms with Crippen LogP contribution in [0.1, 0.15) is 16.9 Å². The van der Waals surface area contributed by atoms with Gasteiger partial charge in [-0.25, -0.2) is 0 Å². The predicted octanol–water partition coefficient (Wildman–Crippen LogP) is 4.36. The molecule has 0 atom stereocenters. The van der Waals surface area contributed by atoms with Crippen molar-refractivity contribution in [3.05, 3.63) is 45.3 Å². The van der Waals surface area contributed by atoms with Crippen molar-refractivity contribution in [2.24, 2.45) is 0 Å². The number of halogens is 1. The Hall–Kier alpha value is -1.32. The molecule has 0 unspecified atom stereocenters. The van der Waals surface area contributed by atoms with Gasteiger partial charge in [0.15, 0.2) is 5.58 Å². The molecule has 0 aliphatic rings. The monoisotopic (exact) mass is 278 g/mol. The molecule has 0 radical (unpaired) electrons. The second-order valence-corrected chi connectivity index (χ2v) is 5.68. The molecule has 3 aromatic rings. The SMILES string of the molecule is Cc1ccc2sc3c(CCl)c(C)oc3c(=O)c2c1. The van der Waals surface area contributed by atoms with Crippen LogP contribution in [0.3, 0.4) is 0 Å². The summed E-state index contributed by atoms with van der Waals surface area (Å²) in [5, 5.41) is 0.724. The molecule has 0 aliphatic carbocycles. The maximum absolute atomic E-state index is 12.4. The number of fused-ring (bicyclic) bond motifs is 2. The molecule has 1 aromatic carbocycles. The van der Waals surface area contributed by atoms with E-state index in [0.717, 1.165) is 31.7 Å². The smallest absolute Gasteiger partial charge is 0.231 e. The van der Waals surface area contributed by atoms with Crippen molar-refractivity contribution < 1.29 is 4.42 Å². The highest BCUT2D eigenvalue weighted by molar-refractivity contribution is 7.24. The average molecular weight is 279 g/mol. The zero-order chi connectivity index (χ0) is 12.9. The minimum atomic E-state index is -0.0399. The minimum Gasteiger partial charge on any atom is -0.456 e. The van der Waals surface area contributed by atoms with Crippen LogP contribution >= 0.6 is 22.9 Å². The van der Waals surface area contributed by atoms with Crippen LogP contribution in [0.25, 0.3) is 20.4 Å². The van der Waals surface area contributed by atoms with E-state index in [2.05, 4.69) is 0 Å². The van der Waals surface area contributed by atoms with E-state index in [1.807, 2.05) is 32.0 Å². The maximum Gasteiger partial charge on any atom is 0.231 e. The molecule has 0 bridgehead atoms. The van der Waals surface area contributed by atoms with Crippen LogP contribution in [0.5, 0.6) is 0 Å². The predicted molar refractivity (Wildman–Crippen MR) is 76.9 cm³/mol. The molecule has 3 rings (SSSR count). The summed E-state index contributed by atoms with van der Waals surface area (Å²) in [5.74, 6) is 1.10. The van der Waals surface area contributed by atoms with Crippen LogP contribution in [0.2, 0.25) is 0 Å². The Morgan fingerprint density at radius 2 is 2.11 bits per heavy atom. The lowest BCUT2D eigenvalue weighted by Crippen LogP contribution is -1.99. The number of hydrogen-bond donors (Lipinski definition) is 0. The summed E-state index contributed by atoms with van der Waals surface area (Å²) in [7, 11) is 0. The van der Waals surface area contributed by atoms with E-state index in [1.165, 1.54) is 0 Å². The third kappa shape index (κ3) is 1.58. The maximum atomic E-state index is 12.4. The number of aryl methyl sites for hydroxylation is 2. The Balaban J connectivity index is 2.56. The molecular weight excluding hydrogens is 268 g/mol. The standard InChI is InChI=1S/C14H11ClO2S/c1-7-3-4-11-9(5-7)12(16)13-14(18-11)10(6-15)8(2)17-13/h3-5H,6H2,1-2H3. The van der Waals surface area contributed by atoms with Crippen LogP contribution in [0.15, 0.2) is 27.4 Å². The van der Waals surface area contributed by atoms with Crippen molar-refractivity contribution in [3.8, 4) is 0 Å². The zero-order valence-corrected chi connectivity index (χ0v) is 11.6. The van der Waals surface area contributed by atoms with E-state index < -0.39 is 0 Å². The van der Waals surface area contributed by atoms with E-state index in [1.54, 1.807) is 11.3 Å². The molecule has 2 nitrogen and oxygen atoms in total. The third-order valence-electron chi connectivity index (χ3n) is 3.09. The number of hydrogen-bond acceptors (Lipinski definition) is 3. The van der Waals surface area contributed by atoms with Gasteiger partial charge in [-0.3, -0.25) is 4.79 Å². The van der Waals surface area contributed by atoms with Gasteiger partial charge in [-0.05, 0) is 26.0 Å². The fourth-order valence-electron chi connectivity index (χ4n) is 2.11. The summed E-state index contributed by atoms with van der Waals surface area (Å²) < 4.78 is 7.44. The lowest BCUT2D eigenvalue weighted by Gasteiger charge is -1.98. The minimum absolute atomic E-state index is 0.0399. The molecule has 2 heterocycles. The summed E-state index contributed by atoms with van der Waals surface area (Å²) in [6, 6.07) is 5.90. The normalized spacial score (nSPS) is 11.5. The number of furan rings is 1. The highest BCUT2D eigenvalue weighted by Crippen LogP contribution is 2.32. The lowest BCUT2D eigenvalue weighted by molar-refractivity contribution is 0.572. The number of benzene rings is 1. The van der Waals surface area contributed by atoms with E-state index in [0.29, 0.717) is 11.5 Å². The Kier molecular flexibility index (Phi) is 2.68. The Morgan fingerprint density at radius 3 is 2.83 bits per heavy atom. The van der Waals surface area contributed by atoms with Crippen molar-refractivity contribution in [1.82, 2.24) is 0 Å². The van der Waals surface area contributed by atoms with Crippen LogP contribution in [-0.2, 0) is 5.88 Å². The second-order valence-electron chi connectivity index (χ2n) is 4.36. The lowest BCUT2D eigenvalue weighted by atomic mass is 10.2. The van der Waals surface area contributed by atoms with Gasteiger partial charge in [0.05, 0.1) is 10.6 Å². The first-order valence-corrected chi connectivity index (χ1v) is 6.98. The van der Waals surface area contributed by atoms with Crippen molar-refractivity contribution in [2.45, 2.75) is 19.7 Å². The first-order chi connectivity index (χ1) is 8.61. The van der Waals surface area contributed by atoms with Gasteiger partial charge in [0.25, 0.3) is 0 Å². The second kappa shape index (κ2) is 4.11. The topological polar surface area (TPSA) is 30.2 Å². The van der Waals surface area contributed by atoms with Gasteiger partial charge < -0.3 is 4.42 Å². The Labute approximate surface area is 113 Å². The van der Waals surface area contributed by atoms with Gasteiger partial charge in [-0.15, -0.1) is 22.9 Å². The molecular formula is C14H11ClO2S. The molecule has 0 fully saturated rings. The third-order valence-corrected chi connectivity index (χ3v) is 4.57. The van der Waals surface area contributed by atoms with Crippen molar-refractivity contribution in [2.75, 3.05) is 0 Å². The van der Waals surface area contributed by atoms with Gasteiger partial charge in [0, 0.05) is 15.6 Å². The highest BCUT2D eigenvalue weighted by Gasteiger charge is 2.16. The molecule has 0 N–H and O–H groups in total. The molecule has 0 saturated heterocycles. The van der Waals surface area contributed by atoms with E-state index in [-0.39, 0.29) is 5.43 Å². The van der Waals surface area contributed by atoms with Crippen LogP contribution in [-0.4, -0.2) is 0 Å². The molecule has 4 heteroatoms. The van der Waals surface area contributed by atoms with Crippen LogP contribution in [0, 0.1) is 13.8 Å². The Bertz CT molecular complexity index is 814. The summed E-state index contributed by atoms with van der Waals surface area (Å²) in [5.41, 5.74) is 2.40. The number of alkyl halides is 1. The summed E-state index contributed by atoms with van der Waals surface area (Å²) >= 11 is 7.49. The van der Waals surface area contributed by atoms with Gasteiger partial charge in [-0.2, -0.15) is 0 Å². The largest absolute Gasteiger partial charge is 0.456 e. The van der Waals surface area contributed by atoms with Crippen LogP contribution < -0.4 is 5.43 Å². The van der Waals surface area contributed by atoms with E-state index in [4.69, 9.17) is 16.0 Å². The zero-order valence-electron chi connectivity index (χ0n) is 10.0.